The van der Waals surface area contributed by atoms with E-state index in [1.807, 2.05) is 0 Å². The van der Waals surface area contributed by atoms with Crippen LogP contribution < -0.4 is 4.74 Å². The summed E-state index contributed by atoms with van der Waals surface area (Å²) in [5, 5.41) is 9.20. The van der Waals surface area contributed by atoms with E-state index in [0.717, 1.165) is 6.07 Å². The van der Waals surface area contributed by atoms with Crippen molar-refractivity contribution in [1.82, 2.24) is 0 Å². The van der Waals surface area contributed by atoms with Crippen LogP contribution in [0.5, 0.6) is 5.75 Å². The Morgan fingerprint density at radius 2 is 1.87 bits per heavy atom. The van der Waals surface area contributed by atoms with Crippen LogP contribution in [-0.2, 0) is 27.7 Å². The largest absolute Gasteiger partial charge is 0.486 e. The van der Waals surface area contributed by atoms with Crippen molar-refractivity contribution in [2.75, 3.05) is 6.61 Å². The molecular weight excluding hydrogens is 397 g/mol. The van der Waals surface area contributed by atoms with Crippen molar-refractivity contribution in [3.8, 4) is 5.75 Å². The summed E-state index contributed by atoms with van der Waals surface area (Å²) in [4.78, 5) is 11.2. The third-order valence-electron chi connectivity index (χ3n) is 5.45. The number of carboxylic acid groups (broad SMARTS) is 1. The van der Waals surface area contributed by atoms with Crippen LogP contribution in [0, 0.1) is 0 Å². The number of carboxylic acids is 1. The minimum absolute atomic E-state index is 0.183. The van der Waals surface area contributed by atoms with Crippen molar-refractivity contribution in [2.24, 2.45) is 0 Å². The molecule has 1 aliphatic rings. The number of carbonyl (C=O) groups is 1. The summed E-state index contributed by atoms with van der Waals surface area (Å²) in [7, 11) is 0. The molecule has 3 rings (SSSR count). The van der Waals surface area contributed by atoms with E-state index in [-0.39, 0.29) is 6.42 Å². The Bertz CT molecular complexity index is 892. The molecule has 1 aliphatic carbocycles. The number of benzene rings is 2. The molecule has 162 valence electrons. The van der Waals surface area contributed by atoms with E-state index in [1.165, 1.54) is 6.07 Å². The number of hydrogen-bond donors (Lipinski definition) is 1. The van der Waals surface area contributed by atoms with Gasteiger partial charge in [-0.1, -0.05) is 24.3 Å². The maximum absolute atomic E-state index is 13.3. The highest BCUT2D eigenvalue weighted by Gasteiger charge is 2.36. The average Bonchev–Trinajstić information content (AvgIpc) is 2.67. The highest BCUT2D eigenvalue weighted by Crippen LogP contribution is 2.41. The molecule has 4 nitrogen and oxygen atoms in total. The molecule has 0 radical (unpaired) electrons. The summed E-state index contributed by atoms with van der Waals surface area (Å²) in [6.45, 7) is 3.88. The Morgan fingerprint density at radius 3 is 2.47 bits per heavy atom. The number of halogens is 3. The first-order valence-electron chi connectivity index (χ1n) is 9.96. The summed E-state index contributed by atoms with van der Waals surface area (Å²) in [6.07, 6.45) is -3.40. The normalized spacial score (nSPS) is 18.4. The van der Waals surface area contributed by atoms with Gasteiger partial charge in [0.2, 0.25) is 0 Å². The average molecular weight is 422 g/mol. The van der Waals surface area contributed by atoms with Crippen molar-refractivity contribution in [3.63, 3.8) is 0 Å². The monoisotopic (exact) mass is 422 g/mol. The molecule has 2 atom stereocenters. The topological polar surface area (TPSA) is 55.8 Å². The number of aliphatic carboxylic acids is 1. The number of rotatable bonds is 7. The fraction of sp³-hybridized carbons (Fsp3) is 0.435. The first-order valence-corrected chi connectivity index (χ1v) is 9.96. The van der Waals surface area contributed by atoms with Crippen LogP contribution in [0.4, 0.5) is 13.2 Å². The highest BCUT2D eigenvalue weighted by atomic mass is 19.4. The fourth-order valence-electron chi connectivity index (χ4n) is 4.09. The van der Waals surface area contributed by atoms with Gasteiger partial charge in [0.15, 0.2) is 0 Å². The van der Waals surface area contributed by atoms with Gasteiger partial charge in [-0.3, -0.25) is 4.79 Å². The molecule has 0 fully saturated rings. The Hall–Kier alpha value is -2.54. The minimum atomic E-state index is -4.39. The Balaban J connectivity index is 1.83. The van der Waals surface area contributed by atoms with Gasteiger partial charge in [0.05, 0.1) is 12.0 Å². The molecule has 0 aromatic heterocycles. The molecule has 0 heterocycles. The van der Waals surface area contributed by atoms with Gasteiger partial charge in [0.25, 0.3) is 0 Å². The van der Waals surface area contributed by atoms with Gasteiger partial charge in [0, 0.05) is 6.61 Å². The third kappa shape index (κ3) is 4.78. The summed E-state index contributed by atoms with van der Waals surface area (Å²) in [5.74, 6) is -0.450. The summed E-state index contributed by atoms with van der Waals surface area (Å²) >= 11 is 0. The molecule has 0 spiro atoms. The predicted octanol–water partition coefficient (Wildman–Crippen LogP) is 5.89. The van der Waals surface area contributed by atoms with Gasteiger partial charge in [-0.15, -0.1) is 0 Å². The molecule has 2 aromatic rings. The lowest BCUT2D eigenvalue weighted by atomic mass is 9.86. The molecule has 0 amide bonds. The molecule has 0 saturated carbocycles. The van der Waals surface area contributed by atoms with Crippen LogP contribution in [0.3, 0.4) is 0 Å². The van der Waals surface area contributed by atoms with E-state index in [2.05, 4.69) is 0 Å². The van der Waals surface area contributed by atoms with Crippen molar-refractivity contribution in [3.05, 3.63) is 64.7 Å². The maximum atomic E-state index is 13.3. The maximum Gasteiger partial charge on any atom is 0.416 e. The third-order valence-corrected chi connectivity index (χ3v) is 5.45. The van der Waals surface area contributed by atoms with Gasteiger partial charge < -0.3 is 14.6 Å². The summed E-state index contributed by atoms with van der Waals surface area (Å²) in [5.41, 5.74) is 0.0127. The van der Waals surface area contributed by atoms with E-state index >= 15 is 0 Å². The van der Waals surface area contributed by atoms with Crippen LogP contribution in [0.15, 0.2) is 42.5 Å². The first kappa shape index (κ1) is 22.2. The molecule has 1 N–H and O–H groups in total. The van der Waals surface area contributed by atoms with Gasteiger partial charge in [0.1, 0.15) is 17.5 Å². The summed E-state index contributed by atoms with van der Waals surface area (Å²) in [6, 6.07) is 11.1. The zero-order valence-electron chi connectivity index (χ0n) is 17.0. The number of ether oxygens (including phenoxy) is 2. The lowest BCUT2D eigenvalue weighted by molar-refractivity contribution is -0.145. The smallest absolute Gasteiger partial charge is 0.416 e. The van der Waals surface area contributed by atoms with Crippen molar-refractivity contribution < 1.29 is 32.5 Å². The van der Waals surface area contributed by atoms with Crippen molar-refractivity contribution >= 4 is 5.97 Å². The van der Waals surface area contributed by atoms with Gasteiger partial charge in [-0.2, -0.15) is 13.2 Å². The second-order valence-corrected chi connectivity index (χ2v) is 7.63. The molecule has 7 heteroatoms. The lowest BCUT2D eigenvalue weighted by Crippen LogP contribution is -2.29. The van der Waals surface area contributed by atoms with Gasteiger partial charge >= 0.3 is 12.1 Å². The first-order chi connectivity index (χ1) is 14.1. The molecule has 0 saturated heterocycles. The fourth-order valence-corrected chi connectivity index (χ4v) is 4.09. The quantitative estimate of drug-likeness (QED) is 0.605. The molecule has 0 aliphatic heterocycles. The minimum Gasteiger partial charge on any atom is -0.486 e. The predicted molar refractivity (Wildman–Crippen MR) is 105 cm³/mol. The standard InChI is InChI=1S/C23H25F3O4/c1-3-29-22(2,14-21(27)28)15-10-12-16(13-11-15)30-20-9-5-6-17-18(20)7-4-8-19(17)23(24,25)26/h4,7-8,10-13,20H,3,5-6,9,14H2,1-2H3,(H,27,28)/t20?,22-/m0/s1. The Labute approximate surface area is 173 Å². The van der Waals surface area contributed by atoms with Crippen LogP contribution in [0.1, 0.15) is 61.5 Å². The second-order valence-electron chi connectivity index (χ2n) is 7.63. The van der Waals surface area contributed by atoms with E-state index in [0.29, 0.717) is 48.3 Å². The van der Waals surface area contributed by atoms with E-state index in [1.54, 1.807) is 44.2 Å². The van der Waals surface area contributed by atoms with E-state index in [9.17, 15) is 23.1 Å². The Kier molecular flexibility index (Phi) is 6.41. The zero-order valence-corrected chi connectivity index (χ0v) is 17.0. The highest BCUT2D eigenvalue weighted by molar-refractivity contribution is 5.68. The number of hydrogen-bond acceptors (Lipinski definition) is 3. The molecule has 1 unspecified atom stereocenters. The zero-order chi connectivity index (χ0) is 21.9. The van der Waals surface area contributed by atoms with E-state index in [4.69, 9.17) is 9.47 Å². The second kappa shape index (κ2) is 8.68. The molecule has 2 aromatic carbocycles. The van der Waals surface area contributed by atoms with Crippen LogP contribution >= 0.6 is 0 Å². The van der Waals surface area contributed by atoms with E-state index < -0.39 is 29.4 Å². The van der Waals surface area contributed by atoms with Crippen LogP contribution in [-0.4, -0.2) is 17.7 Å². The molecular formula is C23H25F3O4. The lowest BCUT2D eigenvalue weighted by Gasteiger charge is -2.30. The number of fused-ring (bicyclic) bond motifs is 1. The number of alkyl halides is 3. The van der Waals surface area contributed by atoms with Crippen molar-refractivity contribution in [1.29, 1.82) is 0 Å². The van der Waals surface area contributed by atoms with Crippen LogP contribution in [0.25, 0.3) is 0 Å². The van der Waals surface area contributed by atoms with Gasteiger partial charge in [-0.05, 0) is 68.0 Å². The molecule has 0 bridgehead atoms. The Morgan fingerprint density at radius 1 is 1.17 bits per heavy atom. The van der Waals surface area contributed by atoms with Crippen LogP contribution in [0.2, 0.25) is 0 Å². The molecule has 30 heavy (non-hydrogen) atoms. The van der Waals surface area contributed by atoms with Gasteiger partial charge in [-0.25, -0.2) is 0 Å². The SMILES string of the molecule is CCO[C@@](C)(CC(=O)O)c1ccc(OC2CCCc3c2cccc3C(F)(F)F)cc1. The summed E-state index contributed by atoms with van der Waals surface area (Å²) < 4.78 is 51.7. The van der Waals surface area contributed by atoms with Crippen molar-refractivity contribution in [2.45, 2.75) is 57.4 Å².